The predicted octanol–water partition coefficient (Wildman–Crippen LogP) is 5.83. The lowest BCUT2D eigenvalue weighted by atomic mass is 9.84. The van der Waals surface area contributed by atoms with Crippen LogP contribution in [-0.4, -0.2) is 118 Å². The first kappa shape index (κ1) is 47.4. The summed E-state index contributed by atoms with van der Waals surface area (Å²) in [6.07, 6.45) is 4.28. The van der Waals surface area contributed by atoms with Gasteiger partial charge in [0.1, 0.15) is 23.9 Å². The molecule has 0 radical (unpaired) electrons. The molecule has 356 valence electrons. The van der Waals surface area contributed by atoms with Gasteiger partial charge in [-0.25, -0.2) is 5.43 Å². The second-order valence-electron chi connectivity index (χ2n) is 20.0. The van der Waals surface area contributed by atoms with Gasteiger partial charge in [0.15, 0.2) is 0 Å². The highest BCUT2D eigenvalue weighted by molar-refractivity contribution is 5.96. The highest BCUT2D eigenvalue weighted by Crippen LogP contribution is 2.53. The number of pyridine rings is 1. The average molecular weight is 916 g/mol. The lowest BCUT2D eigenvalue weighted by Crippen LogP contribution is -2.62. The quantitative estimate of drug-likeness (QED) is 0.130. The number of aryl methyl sites for hydroxylation is 1. The van der Waals surface area contributed by atoms with Crippen LogP contribution in [0.15, 0.2) is 67.4 Å². The number of aromatic nitrogens is 2. The summed E-state index contributed by atoms with van der Waals surface area (Å²) in [6.45, 7) is 17.5. The first-order valence-electron chi connectivity index (χ1n) is 23.6. The van der Waals surface area contributed by atoms with Crippen molar-refractivity contribution in [2.75, 3.05) is 40.4 Å². The monoisotopic (exact) mass is 915 g/mol. The third kappa shape index (κ3) is 9.32. The molecule has 67 heavy (non-hydrogen) atoms. The number of carbonyl (C=O) groups is 5. The number of phenols is 1. The molecule has 3 N–H and O–H groups in total. The van der Waals surface area contributed by atoms with E-state index in [4.69, 9.17) is 14.5 Å². The van der Waals surface area contributed by atoms with E-state index < -0.39 is 41.3 Å². The van der Waals surface area contributed by atoms with Gasteiger partial charge in [-0.3, -0.25) is 34.0 Å². The summed E-state index contributed by atoms with van der Waals surface area (Å²) in [5.74, 6) is -2.35. The Labute approximate surface area is 392 Å². The third-order valence-electron chi connectivity index (χ3n) is 14.3. The van der Waals surface area contributed by atoms with E-state index in [1.165, 1.54) is 16.0 Å². The van der Waals surface area contributed by atoms with Crippen LogP contribution in [0.1, 0.15) is 77.3 Å². The molecule has 1 aliphatic carbocycles. The molecule has 1 saturated carbocycles. The SMILES string of the molecule is C=CC(=O)N1CC2C(C(=O)N(C)[C@H](C(=O)N[C@H]3Cc4cc(O)cc(c4)-c4ccc5c(c4)c(c(-c4cccnc4[C@H](C)OC)n5CC)CC(C)(C)COC(=O)[C@@H]4CCCN(N4)C3=O)C(C)C)[C@@H]2C1. The van der Waals surface area contributed by atoms with Crippen molar-refractivity contribution in [2.24, 2.45) is 29.1 Å². The van der Waals surface area contributed by atoms with Crippen LogP contribution in [-0.2, 0) is 52.8 Å². The third-order valence-corrected chi connectivity index (χ3v) is 14.3. The Bertz CT molecular complexity index is 2590. The first-order valence-corrected chi connectivity index (χ1v) is 23.6. The molecule has 0 spiro atoms. The van der Waals surface area contributed by atoms with Gasteiger partial charge in [-0.2, -0.15) is 0 Å². The molecule has 3 fully saturated rings. The second-order valence-corrected chi connectivity index (χ2v) is 20.0. The molecule has 2 aromatic heterocycles. The van der Waals surface area contributed by atoms with E-state index in [2.05, 4.69) is 60.9 Å². The zero-order valence-electron chi connectivity index (χ0n) is 40.0. The number of piperidine rings is 1. The smallest absolute Gasteiger partial charge is 0.324 e. The van der Waals surface area contributed by atoms with E-state index in [1.54, 1.807) is 37.4 Å². The first-order chi connectivity index (χ1) is 31.9. The number of likely N-dealkylation sites (N-methyl/N-ethyl adjacent to an activating group) is 1. The summed E-state index contributed by atoms with van der Waals surface area (Å²) < 4.78 is 14.2. The minimum Gasteiger partial charge on any atom is -0.508 e. The number of fused-ring (bicyclic) bond motifs is 7. The number of carbonyl (C=O) groups excluding carboxylic acids is 5. The van der Waals surface area contributed by atoms with Crippen molar-refractivity contribution in [3.05, 3.63) is 84.2 Å². The summed E-state index contributed by atoms with van der Waals surface area (Å²) in [7, 11) is 3.30. The molecule has 3 aliphatic heterocycles. The molecule has 2 aromatic carbocycles. The fourth-order valence-electron chi connectivity index (χ4n) is 10.8. The summed E-state index contributed by atoms with van der Waals surface area (Å²) in [5.41, 5.74) is 9.58. The van der Waals surface area contributed by atoms with Gasteiger partial charge in [0.05, 0.1) is 24.1 Å². The van der Waals surface area contributed by atoms with Crippen LogP contribution >= 0.6 is 0 Å². The Balaban J connectivity index is 1.18. The molecule has 15 nitrogen and oxygen atoms in total. The van der Waals surface area contributed by atoms with Crippen molar-refractivity contribution >= 4 is 40.5 Å². The maximum Gasteiger partial charge on any atom is 0.324 e. The van der Waals surface area contributed by atoms with Crippen LogP contribution in [0, 0.1) is 29.1 Å². The Morgan fingerprint density at radius 3 is 2.52 bits per heavy atom. The minimum atomic E-state index is -1.15. The molecular weight excluding hydrogens is 851 g/mol. The van der Waals surface area contributed by atoms with E-state index >= 15 is 0 Å². The number of esters is 1. The number of hydrazine groups is 1. The molecule has 7 atom stereocenters. The van der Waals surface area contributed by atoms with Gasteiger partial charge in [0.2, 0.25) is 17.7 Å². The number of phenolic OH excluding ortho intramolecular Hbond substituents is 1. The standard InChI is InChI=1S/C52H65N7O8/c1-10-43(61)57-26-38-39(27-57)44(38)50(64)56(8)46(29(3)4)48(62)54-41-22-31-20-33(23-34(60)21-31)32-16-17-42-36(24-32)37(47(58(42)11-2)35-14-12-18-53-45(35)30(5)66-9)25-52(6,7)28-67-51(65)40-15-13-19-59(55-40)49(41)63/h10,12,14,16-18,20-21,23-24,29-30,38-41,44,46,55,60H,1,11,13,15,19,22,25-28H2,2-9H3,(H,54,62)/t30-,38+,39?,40-,41-,44?,46-/m0/s1. The van der Waals surface area contributed by atoms with E-state index in [0.717, 1.165) is 44.5 Å². The van der Waals surface area contributed by atoms with Gasteiger partial charge in [-0.1, -0.05) is 46.4 Å². The van der Waals surface area contributed by atoms with Crippen LogP contribution in [0.5, 0.6) is 5.75 Å². The molecular formula is C52H65N7O8. The molecule has 8 rings (SSSR count). The summed E-state index contributed by atoms with van der Waals surface area (Å²) in [5, 5.41) is 16.8. The fraction of sp³-hybridized carbons (Fsp3) is 0.500. The number of amides is 4. The number of methoxy groups -OCH3 is 1. The lowest BCUT2D eigenvalue weighted by Gasteiger charge is -2.37. The van der Waals surface area contributed by atoms with Gasteiger partial charge in [0.25, 0.3) is 5.91 Å². The summed E-state index contributed by atoms with van der Waals surface area (Å²) >= 11 is 0. The number of rotatable bonds is 10. The van der Waals surface area contributed by atoms with Gasteiger partial charge >= 0.3 is 5.97 Å². The Morgan fingerprint density at radius 1 is 1.09 bits per heavy atom. The topological polar surface area (TPSA) is 176 Å². The van der Waals surface area contributed by atoms with Crippen molar-refractivity contribution in [2.45, 2.75) is 98.0 Å². The van der Waals surface area contributed by atoms with Crippen LogP contribution < -0.4 is 10.7 Å². The number of aromatic hydroxyl groups is 1. The van der Waals surface area contributed by atoms with E-state index in [1.807, 2.05) is 39.0 Å². The largest absolute Gasteiger partial charge is 0.508 e. The minimum absolute atomic E-state index is 0.00118. The van der Waals surface area contributed by atoms with Crippen LogP contribution in [0.4, 0.5) is 0 Å². The molecule has 4 amide bonds. The summed E-state index contributed by atoms with van der Waals surface area (Å²) in [6, 6.07) is 12.6. The lowest BCUT2D eigenvalue weighted by molar-refractivity contribution is -0.155. The van der Waals surface area contributed by atoms with Crippen LogP contribution in [0.3, 0.4) is 0 Å². The van der Waals surface area contributed by atoms with Crippen molar-refractivity contribution in [1.82, 2.24) is 35.1 Å². The Morgan fingerprint density at radius 2 is 1.84 bits per heavy atom. The number of likely N-dealkylation sites (tertiary alicyclic amines) is 1. The number of nitrogens with one attached hydrogen (secondary N) is 2. The van der Waals surface area contributed by atoms with Gasteiger partial charge < -0.3 is 34.3 Å². The highest BCUT2D eigenvalue weighted by Gasteiger charge is 2.61. The molecule has 5 heterocycles. The van der Waals surface area contributed by atoms with Crippen molar-refractivity contribution in [3.8, 4) is 28.1 Å². The second kappa shape index (κ2) is 18.9. The highest BCUT2D eigenvalue weighted by atomic mass is 16.5. The number of ether oxygens (including phenoxy) is 2. The van der Waals surface area contributed by atoms with Crippen LogP contribution in [0.2, 0.25) is 0 Å². The van der Waals surface area contributed by atoms with Gasteiger partial charge in [-0.15, -0.1) is 0 Å². The fourth-order valence-corrected chi connectivity index (χ4v) is 10.8. The maximum atomic E-state index is 14.7. The molecule has 4 aliphatic rings. The van der Waals surface area contributed by atoms with E-state index in [0.29, 0.717) is 44.5 Å². The van der Waals surface area contributed by atoms with Crippen molar-refractivity contribution in [3.63, 3.8) is 0 Å². The molecule has 2 saturated heterocycles. The predicted molar refractivity (Wildman–Crippen MR) is 254 cm³/mol. The number of hydrogen-bond acceptors (Lipinski definition) is 10. The normalized spacial score (nSPS) is 23.5. The zero-order chi connectivity index (χ0) is 48.1. The molecule has 15 heteroatoms. The Hall–Kier alpha value is -6.06. The van der Waals surface area contributed by atoms with E-state index in [-0.39, 0.29) is 66.9 Å². The van der Waals surface area contributed by atoms with Crippen molar-refractivity contribution in [1.29, 1.82) is 0 Å². The average Bonchev–Trinajstić information content (AvgIpc) is 3.64. The number of benzene rings is 2. The van der Waals surface area contributed by atoms with Gasteiger partial charge in [0, 0.05) is 80.8 Å². The maximum absolute atomic E-state index is 14.7. The van der Waals surface area contributed by atoms with Crippen molar-refractivity contribution < 1.29 is 38.6 Å². The number of hydrogen-bond donors (Lipinski definition) is 3. The van der Waals surface area contributed by atoms with Crippen LogP contribution in [0.25, 0.3) is 33.3 Å². The Kier molecular flexibility index (Phi) is 13.4. The molecule has 2 unspecified atom stereocenters. The van der Waals surface area contributed by atoms with E-state index in [9.17, 15) is 29.1 Å². The summed E-state index contributed by atoms with van der Waals surface area (Å²) in [4.78, 5) is 77.5. The number of cyclic esters (lactones) is 1. The zero-order valence-corrected chi connectivity index (χ0v) is 40.0. The molecule has 6 bridgehead atoms. The van der Waals surface area contributed by atoms with Gasteiger partial charge in [-0.05, 0) is 116 Å². The number of nitrogens with zero attached hydrogens (tertiary/aromatic N) is 5. The molecule has 4 aromatic rings.